The van der Waals surface area contributed by atoms with E-state index in [1.165, 1.54) is 0 Å². The van der Waals surface area contributed by atoms with Gasteiger partial charge in [0.25, 0.3) is 0 Å². The van der Waals surface area contributed by atoms with Crippen LogP contribution in [0.15, 0.2) is 0 Å². The van der Waals surface area contributed by atoms with Crippen molar-refractivity contribution in [2.45, 2.75) is 47.3 Å². The minimum absolute atomic E-state index is 0.158. The molecule has 0 bridgehead atoms. The Morgan fingerprint density at radius 3 is 2.43 bits per heavy atom. The van der Waals surface area contributed by atoms with Gasteiger partial charge in [0.15, 0.2) is 0 Å². The van der Waals surface area contributed by atoms with Crippen LogP contribution in [0.25, 0.3) is 0 Å². The summed E-state index contributed by atoms with van der Waals surface area (Å²) in [7, 11) is 0. The van der Waals surface area contributed by atoms with E-state index < -0.39 is 62.2 Å². The molecule has 0 aliphatic carbocycles. The molecule has 1 aliphatic rings. The quantitative estimate of drug-likeness (QED) is 0.290. The third-order valence-electron chi connectivity index (χ3n) is 2.75. The van der Waals surface area contributed by atoms with Gasteiger partial charge in [-0.1, -0.05) is 0 Å². The summed E-state index contributed by atoms with van der Waals surface area (Å²) in [6, 6.07) is 0. The Kier molecular flexibility index (Phi) is 7.51. The summed E-state index contributed by atoms with van der Waals surface area (Å²) in [5, 5.41) is 29.2. The van der Waals surface area contributed by atoms with Crippen LogP contribution in [0.1, 0.15) is 0 Å². The molecular formula is C10H21AsO9S. The van der Waals surface area contributed by atoms with E-state index in [2.05, 4.69) is 4.18 Å². The van der Waals surface area contributed by atoms with E-state index >= 15 is 0 Å². The molecule has 21 heavy (non-hydrogen) atoms. The van der Waals surface area contributed by atoms with Crippen LogP contribution in [-0.4, -0.2) is 81.5 Å². The summed E-state index contributed by atoms with van der Waals surface area (Å²) in [5.74, 6) is 0. The van der Waals surface area contributed by atoms with E-state index in [1.54, 1.807) is 11.4 Å². The first-order valence-corrected chi connectivity index (χ1v) is 13.1. The van der Waals surface area contributed by atoms with E-state index in [9.17, 15) is 23.3 Å². The van der Waals surface area contributed by atoms with Crippen LogP contribution < -0.4 is 0 Å². The van der Waals surface area contributed by atoms with Crippen LogP contribution in [0.5, 0.6) is 0 Å². The normalized spacial score (nSPS) is 33.0. The van der Waals surface area contributed by atoms with Gasteiger partial charge in [-0.15, -0.1) is 0 Å². The monoisotopic (exact) mass is 392 g/mol. The predicted molar refractivity (Wildman–Crippen MR) is 72.3 cm³/mol. The number of hydrogen-bond donors (Lipinski definition) is 4. The van der Waals surface area contributed by atoms with Gasteiger partial charge in [-0.05, 0) is 0 Å². The molecule has 1 fully saturated rings. The second-order valence-electron chi connectivity index (χ2n) is 5.27. The third-order valence-corrected chi connectivity index (χ3v) is 5.69. The van der Waals surface area contributed by atoms with Crippen molar-refractivity contribution < 1.29 is 41.5 Å². The Bertz CT molecular complexity index is 400. The van der Waals surface area contributed by atoms with E-state index in [-0.39, 0.29) is 11.8 Å². The Morgan fingerprint density at radius 1 is 1.29 bits per heavy atom. The predicted octanol–water partition coefficient (Wildman–Crippen LogP) is -1.40. The van der Waals surface area contributed by atoms with Crippen molar-refractivity contribution in [3.8, 4) is 0 Å². The average Bonchev–Trinajstić information content (AvgIpc) is 2.60. The molecule has 1 aliphatic heterocycles. The molecule has 0 aromatic rings. The molecule has 1 heterocycles. The van der Waals surface area contributed by atoms with Gasteiger partial charge in [0.05, 0.1) is 0 Å². The Hall–Kier alpha value is 0.228. The van der Waals surface area contributed by atoms with Gasteiger partial charge in [-0.2, -0.15) is 0 Å². The van der Waals surface area contributed by atoms with Crippen LogP contribution >= 0.6 is 0 Å². The van der Waals surface area contributed by atoms with Gasteiger partial charge >= 0.3 is 127 Å². The van der Waals surface area contributed by atoms with E-state index in [1.807, 2.05) is 0 Å². The zero-order chi connectivity index (χ0) is 16.2. The van der Waals surface area contributed by atoms with Gasteiger partial charge in [-0.25, -0.2) is 0 Å². The van der Waals surface area contributed by atoms with Crippen molar-refractivity contribution in [2.75, 3.05) is 13.2 Å². The molecule has 0 aromatic carbocycles. The van der Waals surface area contributed by atoms with Crippen LogP contribution in [0, 0.1) is 0 Å². The molecule has 6 atom stereocenters. The summed E-state index contributed by atoms with van der Waals surface area (Å²) >= 11 is -5.54. The molecule has 0 aromatic heterocycles. The van der Waals surface area contributed by atoms with Crippen LogP contribution in [0.4, 0.5) is 0 Å². The molecule has 126 valence electrons. The van der Waals surface area contributed by atoms with E-state index in [0.717, 1.165) is 0 Å². The number of aliphatic hydroxyl groups is 3. The fraction of sp³-hybridized carbons (Fsp3) is 1.00. The molecule has 9 nitrogen and oxygen atoms in total. The van der Waals surface area contributed by atoms with Crippen LogP contribution in [0.2, 0.25) is 16.6 Å². The zero-order valence-electron chi connectivity index (χ0n) is 11.7. The van der Waals surface area contributed by atoms with Crippen molar-refractivity contribution in [3.05, 3.63) is 0 Å². The van der Waals surface area contributed by atoms with Crippen LogP contribution in [0.3, 0.4) is 0 Å². The molecule has 0 saturated carbocycles. The Labute approximate surface area is 127 Å². The first kappa shape index (κ1) is 19.3. The summed E-state index contributed by atoms with van der Waals surface area (Å²) in [5.41, 5.74) is 3.20. The molecule has 0 amide bonds. The summed E-state index contributed by atoms with van der Waals surface area (Å²) < 4.78 is 45.1. The van der Waals surface area contributed by atoms with Crippen LogP contribution in [-0.2, 0) is 28.8 Å². The third kappa shape index (κ3) is 6.89. The molecule has 11 heteroatoms. The van der Waals surface area contributed by atoms with Gasteiger partial charge < -0.3 is 0 Å². The number of hydrogen-bond acceptors (Lipinski definition) is 8. The number of rotatable bonds is 8. The second-order valence-corrected chi connectivity index (χ2v) is 13.3. The van der Waals surface area contributed by atoms with Gasteiger partial charge in [0, 0.05) is 0 Å². The molecule has 0 spiro atoms. The Balaban J connectivity index is 2.42. The summed E-state index contributed by atoms with van der Waals surface area (Å²) in [6.07, 6.45) is -5.69. The SMILES string of the molecule is C[As](C)(=O)C[C@H]1O[C@H](OC[C@H](O)COS(=O)O)[C@@H](O)[C@@H]1O. The standard InChI is InChI=1S/C10H21AsO9S/c1-11(2,15)3-7-8(13)9(14)10(20-7)18-4-6(12)5-19-21(16)17/h6-10,12-14H,3-5H2,1-2H3,(H,16,17)/t6-,7+,8+,9-,10-/m0/s1. The zero-order valence-corrected chi connectivity index (χ0v) is 14.4. The molecule has 4 N–H and O–H groups in total. The average molecular weight is 392 g/mol. The topological polar surface area (TPSA) is 143 Å². The van der Waals surface area contributed by atoms with Crippen molar-refractivity contribution in [1.82, 2.24) is 0 Å². The Morgan fingerprint density at radius 2 is 1.90 bits per heavy atom. The van der Waals surface area contributed by atoms with Gasteiger partial charge in [0.1, 0.15) is 0 Å². The van der Waals surface area contributed by atoms with E-state index in [4.69, 9.17) is 14.0 Å². The minimum atomic E-state index is -3.06. The molecule has 1 saturated heterocycles. The van der Waals surface area contributed by atoms with Gasteiger partial charge in [0.2, 0.25) is 0 Å². The first-order chi connectivity index (χ1) is 9.60. The molecule has 1 rings (SSSR count). The fourth-order valence-corrected chi connectivity index (χ4v) is 4.55. The van der Waals surface area contributed by atoms with E-state index in [0.29, 0.717) is 0 Å². The maximum absolute atomic E-state index is 11.8. The first-order valence-electron chi connectivity index (χ1n) is 6.19. The second kappa shape index (κ2) is 8.19. The number of aliphatic hydroxyl groups excluding tert-OH is 3. The van der Waals surface area contributed by atoms with Crippen molar-refractivity contribution in [3.63, 3.8) is 0 Å². The van der Waals surface area contributed by atoms with Crippen molar-refractivity contribution >= 4 is 24.9 Å². The fourth-order valence-electron chi connectivity index (χ4n) is 1.83. The molecule has 1 unspecified atom stereocenters. The summed E-state index contributed by atoms with van der Waals surface area (Å²) in [4.78, 5) is 0. The summed E-state index contributed by atoms with van der Waals surface area (Å²) in [6.45, 7) is -0.751. The molecular weight excluding hydrogens is 371 g/mol. The molecule has 0 radical (unpaired) electrons. The van der Waals surface area contributed by atoms with Gasteiger partial charge in [-0.3, -0.25) is 0 Å². The maximum atomic E-state index is 11.8. The number of ether oxygens (including phenoxy) is 2. The van der Waals surface area contributed by atoms with Crippen molar-refractivity contribution in [2.24, 2.45) is 0 Å². The van der Waals surface area contributed by atoms with Crippen molar-refractivity contribution in [1.29, 1.82) is 0 Å².